The first-order valence-electron chi connectivity index (χ1n) is 5.83. The van der Waals surface area contributed by atoms with Gasteiger partial charge in [-0.2, -0.15) is 0 Å². The number of H-pyrrole nitrogens is 1. The molecule has 4 nitrogen and oxygen atoms in total. The molecule has 90 valence electrons. The van der Waals surface area contributed by atoms with Gasteiger partial charge in [-0.3, -0.25) is 0 Å². The van der Waals surface area contributed by atoms with Gasteiger partial charge in [0, 0.05) is 19.1 Å². The van der Waals surface area contributed by atoms with E-state index in [9.17, 15) is 0 Å². The van der Waals surface area contributed by atoms with Crippen LogP contribution in [0.2, 0.25) is 0 Å². The maximum atomic E-state index is 5.49. The van der Waals surface area contributed by atoms with Crippen LogP contribution in [0, 0.1) is 5.92 Å². The molecule has 0 amide bonds. The average Bonchev–Trinajstić information content (AvgIpc) is 2.76. The van der Waals surface area contributed by atoms with E-state index in [2.05, 4.69) is 37.8 Å². The zero-order valence-corrected chi connectivity index (χ0v) is 11.2. The van der Waals surface area contributed by atoms with E-state index in [0.29, 0.717) is 11.8 Å². The van der Waals surface area contributed by atoms with E-state index in [0.717, 1.165) is 41.0 Å². The molecule has 1 N–H and O–H groups in total. The molecule has 0 spiro atoms. The first-order chi connectivity index (χ1) is 8.25. The third-order valence-electron chi connectivity index (χ3n) is 3.39. The number of imidazole rings is 1. The highest BCUT2D eigenvalue weighted by molar-refractivity contribution is 9.10. The summed E-state index contributed by atoms with van der Waals surface area (Å²) in [6.45, 7) is 3.84. The fourth-order valence-corrected chi connectivity index (χ4v) is 2.90. The highest BCUT2D eigenvalue weighted by Crippen LogP contribution is 2.34. The average molecular weight is 296 g/mol. The summed E-state index contributed by atoms with van der Waals surface area (Å²) in [5, 5.41) is 0. The van der Waals surface area contributed by atoms with Crippen molar-refractivity contribution in [2.75, 3.05) is 13.2 Å². The largest absolute Gasteiger partial charge is 0.381 e. The number of ether oxygens (including phenoxy) is 1. The van der Waals surface area contributed by atoms with Gasteiger partial charge >= 0.3 is 0 Å². The van der Waals surface area contributed by atoms with E-state index >= 15 is 0 Å². The van der Waals surface area contributed by atoms with Crippen molar-refractivity contribution in [1.82, 2.24) is 15.0 Å². The van der Waals surface area contributed by atoms with Crippen LogP contribution in [-0.4, -0.2) is 28.2 Å². The molecule has 5 heteroatoms. The Balaban J connectivity index is 2.11. The van der Waals surface area contributed by atoms with Gasteiger partial charge < -0.3 is 9.72 Å². The summed E-state index contributed by atoms with van der Waals surface area (Å²) in [6.07, 6.45) is 2.75. The van der Waals surface area contributed by atoms with Crippen molar-refractivity contribution in [2.24, 2.45) is 5.92 Å². The minimum Gasteiger partial charge on any atom is -0.381 e. The smallest absolute Gasteiger partial charge is 0.110 e. The lowest BCUT2D eigenvalue weighted by Crippen LogP contribution is -2.24. The van der Waals surface area contributed by atoms with Gasteiger partial charge in [-0.15, -0.1) is 0 Å². The third kappa shape index (κ3) is 1.98. The minimum atomic E-state index is 0.437. The van der Waals surface area contributed by atoms with E-state index in [1.807, 2.05) is 6.07 Å². The van der Waals surface area contributed by atoms with Gasteiger partial charge in [-0.1, -0.05) is 6.92 Å². The SMILES string of the molecule is C[C@@H]1COCCC1c1nc(Br)cc2[nH]cnc12. The number of halogens is 1. The number of aromatic amines is 1. The molecular weight excluding hydrogens is 282 g/mol. The molecule has 1 unspecified atom stereocenters. The molecule has 17 heavy (non-hydrogen) atoms. The maximum absolute atomic E-state index is 5.49. The molecule has 1 saturated heterocycles. The van der Waals surface area contributed by atoms with Gasteiger partial charge in [0.1, 0.15) is 10.1 Å². The van der Waals surface area contributed by atoms with Crippen molar-refractivity contribution in [3.05, 3.63) is 22.7 Å². The van der Waals surface area contributed by atoms with Crippen molar-refractivity contribution in [3.8, 4) is 0 Å². The monoisotopic (exact) mass is 295 g/mol. The summed E-state index contributed by atoms with van der Waals surface area (Å²) in [6, 6.07) is 1.97. The van der Waals surface area contributed by atoms with Crippen molar-refractivity contribution in [2.45, 2.75) is 19.3 Å². The van der Waals surface area contributed by atoms with Crippen LogP contribution >= 0.6 is 15.9 Å². The van der Waals surface area contributed by atoms with Crippen molar-refractivity contribution >= 4 is 27.0 Å². The number of hydrogen-bond donors (Lipinski definition) is 1. The number of aromatic nitrogens is 3. The Morgan fingerprint density at radius 3 is 3.24 bits per heavy atom. The second-order valence-corrected chi connectivity index (χ2v) is 5.39. The third-order valence-corrected chi connectivity index (χ3v) is 3.80. The lowest BCUT2D eigenvalue weighted by atomic mass is 9.86. The number of rotatable bonds is 1. The molecule has 0 aromatic carbocycles. The number of nitrogens with one attached hydrogen (secondary N) is 1. The Morgan fingerprint density at radius 1 is 1.53 bits per heavy atom. The van der Waals surface area contributed by atoms with Crippen LogP contribution in [0.25, 0.3) is 11.0 Å². The quantitative estimate of drug-likeness (QED) is 0.823. The molecule has 2 aromatic heterocycles. The molecule has 2 atom stereocenters. The van der Waals surface area contributed by atoms with Gasteiger partial charge in [0.2, 0.25) is 0 Å². The van der Waals surface area contributed by atoms with Crippen LogP contribution in [0.15, 0.2) is 17.0 Å². The Kier molecular flexibility index (Phi) is 2.88. The maximum Gasteiger partial charge on any atom is 0.110 e. The Hall–Kier alpha value is -0.940. The molecule has 0 bridgehead atoms. The summed E-state index contributed by atoms with van der Waals surface area (Å²) in [4.78, 5) is 12.2. The number of pyridine rings is 1. The van der Waals surface area contributed by atoms with Crippen LogP contribution < -0.4 is 0 Å². The van der Waals surface area contributed by atoms with E-state index < -0.39 is 0 Å². The van der Waals surface area contributed by atoms with Gasteiger partial charge in [0.05, 0.1) is 17.5 Å². The number of fused-ring (bicyclic) bond motifs is 1. The standard InChI is InChI=1S/C12H14BrN3O/c1-7-5-17-3-2-8(7)11-12-9(14-6-15-12)4-10(13)16-11/h4,6-8H,2-3,5H2,1H3,(H,14,15)/t7-,8?/m1/s1. The molecule has 1 aliphatic rings. The number of hydrogen-bond acceptors (Lipinski definition) is 3. The highest BCUT2D eigenvalue weighted by Gasteiger charge is 2.27. The molecule has 1 fully saturated rings. The molecule has 3 rings (SSSR count). The Labute approximate surface area is 108 Å². The van der Waals surface area contributed by atoms with E-state index in [-0.39, 0.29) is 0 Å². The van der Waals surface area contributed by atoms with Crippen molar-refractivity contribution < 1.29 is 4.74 Å². The van der Waals surface area contributed by atoms with Crippen LogP contribution in [0.5, 0.6) is 0 Å². The summed E-state index contributed by atoms with van der Waals surface area (Å²) < 4.78 is 6.35. The fraction of sp³-hybridized carbons (Fsp3) is 0.500. The molecule has 0 aliphatic carbocycles. The number of nitrogens with zero attached hydrogens (tertiary/aromatic N) is 2. The van der Waals surface area contributed by atoms with Gasteiger partial charge in [-0.25, -0.2) is 9.97 Å². The minimum absolute atomic E-state index is 0.437. The molecule has 1 aliphatic heterocycles. The molecule has 0 saturated carbocycles. The molecule has 2 aromatic rings. The van der Waals surface area contributed by atoms with E-state index in [1.165, 1.54) is 0 Å². The van der Waals surface area contributed by atoms with Gasteiger partial charge in [0.15, 0.2) is 0 Å². The van der Waals surface area contributed by atoms with Crippen LogP contribution in [0.3, 0.4) is 0 Å². The lowest BCUT2D eigenvalue weighted by molar-refractivity contribution is 0.0466. The molecule has 3 heterocycles. The second-order valence-electron chi connectivity index (χ2n) is 4.58. The summed E-state index contributed by atoms with van der Waals surface area (Å²) >= 11 is 3.46. The zero-order chi connectivity index (χ0) is 11.8. The first kappa shape index (κ1) is 11.2. The molecule has 0 radical (unpaired) electrons. The summed E-state index contributed by atoms with van der Waals surface area (Å²) in [7, 11) is 0. The molecular formula is C12H14BrN3O. The van der Waals surface area contributed by atoms with Crippen LogP contribution in [0.4, 0.5) is 0 Å². The first-order valence-corrected chi connectivity index (χ1v) is 6.62. The Morgan fingerprint density at radius 2 is 2.41 bits per heavy atom. The lowest BCUT2D eigenvalue weighted by Gasteiger charge is -2.28. The van der Waals surface area contributed by atoms with Crippen molar-refractivity contribution in [3.63, 3.8) is 0 Å². The van der Waals surface area contributed by atoms with Gasteiger partial charge in [0.25, 0.3) is 0 Å². The highest BCUT2D eigenvalue weighted by atomic mass is 79.9. The predicted molar refractivity (Wildman–Crippen MR) is 68.9 cm³/mol. The Bertz CT molecular complexity index is 540. The van der Waals surface area contributed by atoms with Crippen LogP contribution in [0.1, 0.15) is 25.0 Å². The second kappa shape index (κ2) is 4.38. The van der Waals surface area contributed by atoms with E-state index in [4.69, 9.17) is 4.74 Å². The fourth-order valence-electron chi connectivity index (χ4n) is 2.48. The van der Waals surface area contributed by atoms with Crippen LogP contribution in [-0.2, 0) is 4.74 Å². The zero-order valence-electron chi connectivity index (χ0n) is 9.61. The normalized spacial score (nSPS) is 25.3. The van der Waals surface area contributed by atoms with Gasteiger partial charge in [-0.05, 0) is 34.3 Å². The predicted octanol–water partition coefficient (Wildman–Crippen LogP) is 2.86. The summed E-state index contributed by atoms with van der Waals surface area (Å²) in [5.41, 5.74) is 3.12. The van der Waals surface area contributed by atoms with Crippen molar-refractivity contribution in [1.29, 1.82) is 0 Å². The summed E-state index contributed by atoms with van der Waals surface area (Å²) in [5.74, 6) is 0.928. The topological polar surface area (TPSA) is 50.8 Å². The van der Waals surface area contributed by atoms with E-state index in [1.54, 1.807) is 6.33 Å².